The fourth-order valence-electron chi connectivity index (χ4n) is 2.27. The molecule has 0 bridgehead atoms. The van der Waals surface area contributed by atoms with Crippen LogP contribution in [-0.2, 0) is 9.53 Å². The van der Waals surface area contributed by atoms with Gasteiger partial charge in [0.25, 0.3) is 5.91 Å². The van der Waals surface area contributed by atoms with Crippen LogP contribution in [0.5, 0.6) is 17.2 Å². The number of anilines is 1. The molecule has 0 aromatic heterocycles. The lowest BCUT2D eigenvalue weighted by Gasteiger charge is -2.15. The average Bonchev–Trinajstić information content (AvgIpc) is 2.68. The van der Waals surface area contributed by atoms with Crippen molar-refractivity contribution in [3.05, 3.63) is 48.0 Å². The van der Waals surface area contributed by atoms with Gasteiger partial charge in [0, 0.05) is 5.69 Å². The van der Waals surface area contributed by atoms with Gasteiger partial charge in [0.15, 0.2) is 17.6 Å². The number of hydrogen-bond acceptors (Lipinski definition) is 6. The van der Waals surface area contributed by atoms with Crippen LogP contribution in [0.25, 0.3) is 0 Å². The monoisotopic (exact) mass is 373 g/mol. The predicted octanol–water partition coefficient (Wildman–Crippen LogP) is 3.29. The Bertz CT molecular complexity index is 788. The summed E-state index contributed by atoms with van der Waals surface area (Å²) in [5.41, 5.74) is 0.843. The van der Waals surface area contributed by atoms with E-state index in [-0.39, 0.29) is 5.56 Å². The Morgan fingerprint density at radius 2 is 1.70 bits per heavy atom. The summed E-state index contributed by atoms with van der Waals surface area (Å²) >= 11 is 0. The van der Waals surface area contributed by atoms with E-state index in [0.29, 0.717) is 29.5 Å². The molecule has 0 fully saturated rings. The minimum atomic E-state index is -0.975. The summed E-state index contributed by atoms with van der Waals surface area (Å²) in [7, 11) is 3.08. The van der Waals surface area contributed by atoms with Crippen molar-refractivity contribution in [3.63, 3.8) is 0 Å². The minimum Gasteiger partial charge on any atom is -0.497 e. The number of ether oxygens (including phenoxy) is 4. The molecule has 2 aromatic rings. The van der Waals surface area contributed by atoms with Crippen LogP contribution in [0.1, 0.15) is 24.2 Å². The highest BCUT2D eigenvalue weighted by Gasteiger charge is 2.20. The standard InChI is InChI=1S/C20H23NO6/c1-5-26-18-12-14(6-11-17(18)25-4)20(23)27-13(2)19(22)21-15-7-9-16(24-3)10-8-15/h6-13H,5H2,1-4H3,(H,21,22)/t13-/m1/s1. The Kier molecular flexibility index (Phi) is 7.05. The number of esters is 1. The first-order valence-electron chi connectivity index (χ1n) is 8.45. The van der Waals surface area contributed by atoms with E-state index in [0.717, 1.165) is 0 Å². The van der Waals surface area contributed by atoms with Gasteiger partial charge in [0.1, 0.15) is 5.75 Å². The molecule has 2 rings (SSSR count). The molecule has 1 amide bonds. The maximum atomic E-state index is 12.3. The number of carbonyl (C=O) groups excluding carboxylic acids is 2. The zero-order valence-electron chi connectivity index (χ0n) is 15.8. The zero-order chi connectivity index (χ0) is 19.8. The normalized spacial score (nSPS) is 11.3. The second kappa shape index (κ2) is 9.47. The number of carbonyl (C=O) groups is 2. The van der Waals surface area contributed by atoms with Crippen LogP contribution in [0, 0.1) is 0 Å². The van der Waals surface area contributed by atoms with Crippen LogP contribution in [0.4, 0.5) is 5.69 Å². The highest BCUT2D eigenvalue weighted by Crippen LogP contribution is 2.28. The molecule has 2 aromatic carbocycles. The van der Waals surface area contributed by atoms with Crippen LogP contribution in [0.15, 0.2) is 42.5 Å². The molecule has 0 aliphatic rings. The quantitative estimate of drug-likeness (QED) is 0.715. The van der Waals surface area contributed by atoms with Gasteiger partial charge < -0.3 is 24.3 Å². The molecule has 0 saturated heterocycles. The maximum absolute atomic E-state index is 12.3. The van der Waals surface area contributed by atoms with Crippen molar-refractivity contribution >= 4 is 17.6 Å². The number of benzene rings is 2. The third-order valence-electron chi connectivity index (χ3n) is 3.71. The predicted molar refractivity (Wildman–Crippen MR) is 101 cm³/mol. The first-order chi connectivity index (χ1) is 13.0. The SMILES string of the molecule is CCOc1cc(C(=O)O[C@H](C)C(=O)Nc2ccc(OC)cc2)ccc1OC. The van der Waals surface area contributed by atoms with Crippen molar-refractivity contribution in [2.45, 2.75) is 20.0 Å². The molecule has 0 spiro atoms. The molecule has 7 heteroatoms. The summed E-state index contributed by atoms with van der Waals surface area (Å²) in [4.78, 5) is 24.6. The minimum absolute atomic E-state index is 0.267. The van der Waals surface area contributed by atoms with Crippen LogP contribution in [0.2, 0.25) is 0 Å². The highest BCUT2D eigenvalue weighted by atomic mass is 16.5. The van der Waals surface area contributed by atoms with Crippen molar-refractivity contribution in [3.8, 4) is 17.2 Å². The van der Waals surface area contributed by atoms with E-state index in [4.69, 9.17) is 18.9 Å². The van der Waals surface area contributed by atoms with E-state index >= 15 is 0 Å². The first kappa shape index (κ1) is 20.1. The van der Waals surface area contributed by atoms with Gasteiger partial charge in [-0.1, -0.05) is 0 Å². The second-order valence-electron chi connectivity index (χ2n) is 5.56. The lowest BCUT2D eigenvalue weighted by Crippen LogP contribution is -2.30. The van der Waals surface area contributed by atoms with Gasteiger partial charge in [0.2, 0.25) is 0 Å². The van der Waals surface area contributed by atoms with Crippen LogP contribution >= 0.6 is 0 Å². The van der Waals surface area contributed by atoms with Crippen LogP contribution in [0.3, 0.4) is 0 Å². The molecule has 0 radical (unpaired) electrons. The Hall–Kier alpha value is -3.22. The van der Waals surface area contributed by atoms with Gasteiger partial charge in [-0.15, -0.1) is 0 Å². The molecule has 0 unspecified atom stereocenters. The van der Waals surface area contributed by atoms with Crippen molar-refractivity contribution < 1.29 is 28.5 Å². The molecule has 1 N–H and O–H groups in total. The summed E-state index contributed by atoms with van der Waals surface area (Å²) in [6, 6.07) is 11.5. The number of amides is 1. The van der Waals surface area contributed by atoms with E-state index in [2.05, 4.69) is 5.32 Å². The number of methoxy groups -OCH3 is 2. The Morgan fingerprint density at radius 1 is 1.00 bits per heavy atom. The topological polar surface area (TPSA) is 83.1 Å². The van der Waals surface area contributed by atoms with E-state index in [1.54, 1.807) is 43.5 Å². The smallest absolute Gasteiger partial charge is 0.339 e. The van der Waals surface area contributed by atoms with Crippen molar-refractivity contribution in [1.29, 1.82) is 0 Å². The molecule has 0 aliphatic carbocycles. The number of nitrogens with one attached hydrogen (secondary N) is 1. The van der Waals surface area contributed by atoms with E-state index < -0.39 is 18.0 Å². The van der Waals surface area contributed by atoms with Gasteiger partial charge in [-0.05, 0) is 56.3 Å². The lowest BCUT2D eigenvalue weighted by molar-refractivity contribution is -0.123. The van der Waals surface area contributed by atoms with Gasteiger partial charge in [0.05, 0.1) is 26.4 Å². The largest absolute Gasteiger partial charge is 0.497 e. The summed E-state index contributed by atoms with van der Waals surface area (Å²) in [5.74, 6) is 0.559. The first-order valence-corrected chi connectivity index (χ1v) is 8.45. The molecular formula is C20H23NO6. The molecule has 1 atom stereocenters. The Labute approximate surface area is 158 Å². The summed E-state index contributed by atoms with van der Waals surface area (Å²) in [6.07, 6.45) is -0.975. The molecule has 0 aliphatic heterocycles. The van der Waals surface area contributed by atoms with Crippen LogP contribution in [-0.4, -0.2) is 38.8 Å². The third-order valence-corrected chi connectivity index (χ3v) is 3.71. The molecule has 0 saturated carbocycles. The molecule has 144 valence electrons. The third kappa shape index (κ3) is 5.37. The van der Waals surface area contributed by atoms with Gasteiger partial charge in [-0.2, -0.15) is 0 Å². The van der Waals surface area contributed by atoms with Crippen molar-refractivity contribution in [2.24, 2.45) is 0 Å². The van der Waals surface area contributed by atoms with Crippen molar-refractivity contribution in [1.82, 2.24) is 0 Å². The van der Waals surface area contributed by atoms with E-state index in [9.17, 15) is 9.59 Å². The zero-order valence-corrected chi connectivity index (χ0v) is 15.8. The van der Waals surface area contributed by atoms with E-state index in [1.807, 2.05) is 6.92 Å². The summed E-state index contributed by atoms with van der Waals surface area (Å²) in [5, 5.41) is 2.68. The Morgan fingerprint density at radius 3 is 2.30 bits per heavy atom. The molecular weight excluding hydrogens is 350 g/mol. The fourth-order valence-corrected chi connectivity index (χ4v) is 2.27. The number of rotatable bonds is 8. The molecule has 0 heterocycles. The fraction of sp³-hybridized carbons (Fsp3) is 0.300. The maximum Gasteiger partial charge on any atom is 0.339 e. The average molecular weight is 373 g/mol. The summed E-state index contributed by atoms with van der Waals surface area (Å²) < 4.78 is 20.9. The Balaban J connectivity index is 2.01. The van der Waals surface area contributed by atoms with Crippen LogP contribution < -0.4 is 19.5 Å². The number of hydrogen-bond donors (Lipinski definition) is 1. The van der Waals surface area contributed by atoms with E-state index in [1.165, 1.54) is 20.1 Å². The summed E-state index contributed by atoms with van der Waals surface area (Å²) in [6.45, 7) is 3.76. The lowest BCUT2D eigenvalue weighted by atomic mass is 10.2. The molecule has 7 nitrogen and oxygen atoms in total. The van der Waals surface area contributed by atoms with Gasteiger partial charge in [-0.25, -0.2) is 4.79 Å². The van der Waals surface area contributed by atoms with Crippen molar-refractivity contribution in [2.75, 3.05) is 26.1 Å². The van der Waals surface area contributed by atoms with Gasteiger partial charge >= 0.3 is 5.97 Å². The molecule has 27 heavy (non-hydrogen) atoms. The highest BCUT2D eigenvalue weighted by molar-refractivity contribution is 5.97. The second-order valence-corrected chi connectivity index (χ2v) is 5.56. The van der Waals surface area contributed by atoms with Gasteiger partial charge in [-0.3, -0.25) is 4.79 Å².